The zero-order valence-electron chi connectivity index (χ0n) is 6.87. The maximum Gasteiger partial charge on any atom is 0.306 e. The molecule has 5 heteroatoms. The van der Waals surface area contributed by atoms with Gasteiger partial charge < -0.3 is 9.63 Å². The van der Waals surface area contributed by atoms with Gasteiger partial charge >= 0.3 is 5.97 Å². The number of carbonyl (C=O) groups is 1. The Morgan fingerprint density at radius 1 is 1.62 bits per heavy atom. The van der Waals surface area contributed by atoms with Crippen LogP contribution in [0.15, 0.2) is 9.32 Å². The van der Waals surface area contributed by atoms with Crippen LogP contribution in [0.25, 0.3) is 0 Å². The van der Waals surface area contributed by atoms with Crippen molar-refractivity contribution >= 4 is 5.97 Å². The summed E-state index contributed by atoms with van der Waals surface area (Å²) >= 11 is 0. The van der Waals surface area contributed by atoms with Crippen molar-refractivity contribution < 1.29 is 14.4 Å². The average Bonchev–Trinajstić information content (AvgIpc) is 2.47. The molecule has 5 nitrogen and oxygen atoms in total. The van der Waals surface area contributed by atoms with Crippen molar-refractivity contribution in [3.8, 4) is 0 Å². The molecule has 13 heavy (non-hydrogen) atoms. The highest BCUT2D eigenvalue weighted by molar-refractivity contribution is 5.70. The number of hydrogen-bond donors (Lipinski definition) is 2. The largest absolute Gasteiger partial charge is 0.481 e. The van der Waals surface area contributed by atoms with Crippen LogP contribution in [0.3, 0.4) is 0 Å². The molecule has 70 valence electrons. The first-order valence-electron chi connectivity index (χ1n) is 4.10. The number of aryl methyl sites for hydroxylation is 1. The SMILES string of the molecule is O=C(O)C1CCc2o[nH]c(=O)c2C1. The number of rotatable bonds is 1. The quantitative estimate of drug-likeness (QED) is 0.649. The van der Waals surface area contributed by atoms with Crippen molar-refractivity contribution in [2.45, 2.75) is 19.3 Å². The number of carboxylic acids is 1. The van der Waals surface area contributed by atoms with E-state index in [9.17, 15) is 9.59 Å². The molecule has 2 rings (SSSR count). The first-order valence-corrected chi connectivity index (χ1v) is 4.10. The summed E-state index contributed by atoms with van der Waals surface area (Å²) in [6.45, 7) is 0. The van der Waals surface area contributed by atoms with Crippen molar-refractivity contribution in [2.24, 2.45) is 5.92 Å². The lowest BCUT2D eigenvalue weighted by Gasteiger charge is -2.15. The van der Waals surface area contributed by atoms with Gasteiger partial charge in [-0.05, 0) is 12.8 Å². The van der Waals surface area contributed by atoms with Gasteiger partial charge in [0.05, 0.1) is 11.5 Å². The van der Waals surface area contributed by atoms with E-state index in [-0.39, 0.29) is 12.0 Å². The Labute approximate surface area is 73.3 Å². The van der Waals surface area contributed by atoms with Crippen LogP contribution in [0.5, 0.6) is 0 Å². The van der Waals surface area contributed by atoms with E-state index >= 15 is 0 Å². The third kappa shape index (κ3) is 1.26. The molecule has 0 amide bonds. The van der Waals surface area contributed by atoms with Gasteiger partial charge in [-0.3, -0.25) is 9.59 Å². The van der Waals surface area contributed by atoms with Gasteiger partial charge in [0.25, 0.3) is 5.56 Å². The molecule has 0 aliphatic heterocycles. The van der Waals surface area contributed by atoms with Crippen LogP contribution in [0.1, 0.15) is 17.7 Å². The fourth-order valence-electron chi connectivity index (χ4n) is 1.63. The number of H-pyrrole nitrogens is 1. The molecular formula is C8H9NO4. The third-order valence-electron chi connectivity index (χ3n) is 2.40. The highest BCUT2D eigenvalue weighted by Crippen LogP contribution is 2.22. The summed E-state index contributed by atoms with van der Waals surface area (Å²) in [7, 11) is 0. The summed E-state index contributed by atoms with van der Waals surface area (Å²) in [5, 5.41) is 11.0. The summed E-state index contributed by atoms with van der Waals surface area (Å²) in [5.74, 6) is -0.667. The fourth-order valence-corrected chi connectivity index (χ4v) is 1.63. The molecular weight excluding hydrogens is 174 g/mol. The van der Waals surface area contributed by atoms with Crippen molar-refractivity contribution in [2.75, 3.05) is 0 Å². The zero-order valence-corrected chi connectivity index (χ0v) is 6.87. The van der Waals surface area contributed by atoms with Gasteiger partial charge in [-0.25, -0.2) is 0 Å². The maximum absolute atomic E-state index is 11.1. The fraction of sp³-hybridized carbons (Fsp3) is 0.500. The third-order valence-corrected chi connectivity index (χ3v) is 2.40. The van der Waals surface area contributed by atoms with E-state index in [2.05, 4.69) is 5.16 Å². The van der Waals surface area contributed by atoms with Gasteiger partial charge in [-0.2, -0.15) is 5.16 Å². The molecule has 0 fully saturated rings. The highest BCUT2D eigenvalue weighted by Gasteiger charge is 2.28. The Balaban J connectivity index is 2.33. The molecule has 0 aromatic carbocycles. The van der Waals surface area contributed by atoms with Crippen molar-refractivity contribution in [1.82, 2.24) is 5.16 Å². The van der Waals surface area contributed by atoms with E-state index in [1.807, 2.05) is 0 Å². The number of hydrogen-bond acceptors (Lipinski definition) is 3. The molecule has 2 N–H and O–H groups in total. The van der Waals surface area contributed by atoms with Gasteiger partial charge in [0.15, 0.2) is 0 Å². The van der Waals surface area contributed by atoms with Crippen molar-refractivity contribution in [3.63, 3.8) is 0 Å². The molecule has 1 aromatic heterocycles. The molecule has 1 aliphatic rings. The Morgan fingerprint density at radius 3 is 3.08 bits per heavy atom. The van der Waals surface area contributed by atoms with E-state index in [0.29, 0.717) is 24.2 Å². The van der Waals surface area contributed by atoms with Crippen LogP contribution in [0, 0.1) is 5.92 Å². The Hall–Kier alpha value is -1.52. The average molecular weight is 183 g/mol. The lowest BCUT2D eigenvalue weighted by molar-refractivity contribution is -0.142. The molecule has 0 saturated heterocycles. The van der Waals surface area contributed by atoms with E-state index in [1.54, 1.807) is 0 Å². The zero-order chi connectivity index (χ0) is 9.42. The standard InChI is InChI=1S/C8H9NO4/c10-7-5-3-4(8(11)12)1-2-6(5)13-9-7/h4H,1-3H2,(H,9,10)(H,11,12). The number of aliphatic carboxylic acids is 1. The number of fused-ring (bicyclic) bond motifs is 1. The molecule has 1 aliphatic carbocycles. The van der Waals surface area contributed by atoms with Crippen LogP contribution in [0.4, 0.5) is 0 Å². The second-order valence-corrected chi connectivity index (χ2v) is 3.21. The number of carboxylic acid groups (broad SMARTS) is 1. The minimum atomic E-state index is -0.841. The molecule has 0 bridgehead atoms. The van der Waals surface area contributed by atoms with Gasteiger partial charge in [-0.15, -0.1) is 0 Å². The van der Waals surface area contributed by atoms with Crippen molar-refractivity contribution in [3.05, 3.63) is 21.7 Å². The Bertz CT molecular complexity index is 389. The summed E-state index contributed by atoms with van der Waals surface area (Å²) in [6.07, 6.45) is 1.37. The molecule has 1 aromatic rings. The van der Waals surface area contributed by atoms with Gasteiger partial charge in [0.1, 0.15) is 5.76 Å². The maximum atomic E-state index is 11.1. The summed E-state index contributed by atoms with van der Waals surface area (Å²) in [6, 6.07) is 0. The molecule has 1 heterocycles. The van der Waals surface area contributed by atoms with Gasteiger partial charge in [0.2, 0.25) is 0 Å². The topological polar surface area (TPSA) is 83.3 Å². The monoisotopic (exact) mass is 183 g/mol. The second kappa shape index (κ2) is 2.76. The molecule has 0 spiro atoms. The van der Waals surface area contributed by atoms with Crippen LogP contribution >= 0.6 is 0 Å². The summed E-state index contributed by atoms with van der Waals surface area (Å²) in [5.41, 5.74) is 0.208. The van der Waals surface area contributed by atoms with Crippen LogP contribution in [-0.2, 0) is 17.6 Å². The van der Waals surface area contributed by atoms with E-state index in [1.165, 1.54) is 0 Å². The normalized spacial score (nSPS) is 21.1. The Morgan fingerprint density at radius 2 is 2.38 bits per heavy atom. The number of nitrogens with one attached hydrogen (secondary N) is 1. The molecule has 0 saturated carbocycles. The predicted molar refractivity (Wildman–Crippen MR) is 42.5 cm³/mol. The molecule has 1 atom stereocenters. The second-order valence-electron chi connectivity index (χ2n) is 3.21. The summed E-state index contributed by atoms with van der Waals surface area (Å²) in [4.78, 5) is 21.7. The predicted octanol–water partition coefficient (Wildman–Crippen LogP) is 0.157. The van der Waals surface area contributed by atoms with Gasteiger partial charge in [-0.1, -0.05) is 0 Å². The van der Waals surface area contributed by atoms with Crippen LogP contribution in [0.2, 0.25) is 0 Å². The summed E-state index contributed by atoms with van der Waals surface area (Å²) < 4.78 is 4.88. The lowest BCUT2D eigenvalue weighted by atomic mass is 9.88. The number of aromatic nitrogens is 1. The van der Waals surface area contributed by atoms with E-state index in [4.69, 9.17) is 9.63 Å². The first-order chi connectivity index (χ1) is 6.18. The first kappa shape index (κ1) is 8.10. The van der Waals surface area contributed by atoms with Gasteiger partial charge in [0, 0.05) is 6.42 Å². The van der Waals surface area contributed by atoms with Crippen LogP contribution in [-0.4, -0.2) is 16.2 Å². The minimum absolute atomic E-state index is 0.288. The highest BCUT2D eigenvalue weighted by atomic mass is 16.5. The number of aromatic amines is 1. The smallest absolute Gasteiger partial charge is 0.306 e. The Kier molecular flexibility index (Phi) is 1.72. The van der Waals surface area contributed by atoms with E-state index in [0.717, 1.165) is 0 Å². The van der Waals surface area contributed by atoms with E-state index < -0.39 is 11.9 Å². The molecule has 0 radical (unpaired) electrons. The van der Waals surface area contributed by atoms with Crippen LogP contribution < -0.4 is 5.56 Å². The van der Waals surface area contributed by atoms with Crippen molar-refractivity contribution in [1.29, 1.82) is 0 Å². The lowest BCUT2D eigenvalue weighted by Crippen LogP contribution is -2.24. The molecule has 1 unspecified atom stereocenters. The minimum Gasteiger partial charge on any atom is -0.481 e.